The zero-order valence-corrected chi connectivity index (χ0v) is 15.2. The highest BCUT2D eigenvalue weighted by molar-refractivity contribution is 5.95. The van der Waals surface area contributed by atoms with Gasteiger partial charge in [0.05, 0.1) is 5.56 Å². The van der Waals surface area contributed by atoms with Crippen molar-refractivity contribution in [3.8, 4) is 0 Å². The van der Waals surface area contributed by atoms with Crippen molar-refractivity contribution >= 4 is 30.7 Å². The molecule has 24 heavy (non-hydrogen) atoms. The number of carbonyl (C=O) groups is 1. The number of aryl methyl sites for hydroxylation is 1. The molecule has 2 atom stereocenters. The van der Waals surface area contributed by atoms with Gasteiger partial charge in [-0.2, -0.15) is 0 Å². The number of halogens is 2. The summed E-state index contributed by atoms with van der Waals surface area (Å²) in [6.07, 6.45) is 3.37. The Morgan fingerprint density at radius 3 is 2.54 bits per heavy atom. The van der Waals surface area contributed by atoms with Gasteiger partial charge >= 0.3 is 0 Å². The largest absolute Gasteiger partial charge is 0.338 e. The quantitative estimate of drug-likeness (QED) is 0.906. The van der Waals surface area contributed by atoms with E-state index in [2.05, 4.69) is 17.1 Å². The Hall–Kier alpha value is -1.62. The molecule has 2 heterocycles. The van der Waals surface area contributed by atoms with Crippen LogP contribution in [-0.2, 0) is 0 Å². The second kappa shape index (κ2) is 9.02. The third-order valence-corrected chi connectivity index (χ3v) is 4.53. The number of pyridine rings is 1. The molecule has 3 rings (SSSR count). The maximum absolute atomic E-state index is 12.8. The molecule has 1 aromatic heterocycles. The van der Waals surface area contributed by atoms with Crippen molar-refractivity contribution in [1.82, 2.24) is 9.88 Å². The Bertz CT molecular complexity index is 666. The highest BCUT2D eigenvalue weighted by atomic mass is 35.5. The van der Waals surface area contributed by atoms with Crippen LogP contribution in [0.1, 0.15) is 27.4 Å². The van der Waals surface area contributed by atoms with Gasteiger partial charge < -0.3 is 10.6 Å². The smallest absolute Gasteiger partial charge is 0.255 e. The molecule has 0 saturated carbocycles. The van der Waals surface area contributed by atoms with Crippen LogP contribution in [0.5, 0.6) is 0 Å². The maximum atomic E-state index is 12.8. The predicted octanol–water partition coefficient (Wildman–Crippen LogP) is 3.05. The van der Waals surface area contributed by atoms with Crippen LogP contribution < -0.4 is 5.73 Å². The van der Waals surface area contributed by atoms with Crippen LogP contribution in [0.3, 0.4) is 0 Å². The van der Waals surface area contributed by atoms with Gasteiger partial charge in [0.1, 0.15) is 0 Å². The predicted molar refractivity (Wildman–Crippen MR) is 101 cm³/mol. The Labute approximate surface area is 155 Å². The number of rotatable bonds is 3. The zero-order chi connectivity index (χ0) is 15.5. The van der Waals surface area contributed by atoms with E-state index in [0.29, 0.717) is 30.5 Å². The van der Waals surface area contributed by atoms with Crippen molar-refractivity contribution in [3.63, 3.8) is 0 Å². The number of carbonyl (C=O) groups excluding carboxylic acids is 1. The fourth-order valence-corrected chi connectivity index (χ4v) is 3.21. The topological polar surface area (TPSA) is 59.2 Å². The normalized spacial score (nSPS) is 19.3. The lowest BCUT2D eigenvalue weighted by atomic mass is 9.89. The third-order valence-electron chi connectivity index (χ3n) is 4.53. The van der Waals surface area contributed by atoms with Gasteiger partial charge in [0.25, 0.3) is 5.91 Å². The average molecular weight is 368 g/mol. The van der Waals surface area contributed by atoms with Crippen LogP contribution >= 0.6 is 24.8 Å². The fraction of sp³-hybridized carbons (Fsp3) is 0.333. The number of hydrogen-bond acceptors (Lipinski definition) is 3. The molecular weight excluding hydrogens is 345 g/mol. The van der Waals surface area contributed by atoms with Gasteiger partial charge in [0, 0.05) is 31.4 Å². The fourth-order valence-electron chi connectivity index (χ4n) is 3.21. The molecular formula is C18H23Cl2N3O. The molecule has 4 nitrogen and oxygen atoms in total. The van der Waals surface area contributed by atoms with Crippen LogP contribution in [-0.4, -0.2) is 35.4 Å². The van der Waals surface area contributed by atoms with E-state index in [9.17, 15) is 4.79 Å². The summed E-state index contributed by atoms with van der Waals surface area (Å²) in [6.45, 7) is 3.97. The van der Waals surface area contributed by atoms with Crippen molar-refractivity contribution in [2.24, 2.45) is 11.7 Å². The first-order chi connectivity index (χ1) is 10.7. The van der Waals surface area contributed by atoms with Crippen LogP contribution in [0, 0.1) is 12.8 Å². The first-order valence-electron chi connectivity index (χ1n) is 7.65. The van der Waals surface area contributed by atoms with Gasteiger partial charge in [0.15, 0.2) is 0 Å². The molecule has 2 aromatic rings. The monoisotopic (exact) mass is 367 g/mol. The minimum atomic E-state index is 0. The summed E-state index contributed by atoms with van der Waals surface area (Å²) >= 11 is 0. The second-order valence-corrected chi connectivity index (χ2v) is 5.91. The van der Waals surface area contributed by atoms with Crippen LogP contribution in [0.15, 0.2) is 48.8 Å². The van der Waals surface area contributed by atoms with E-state index in [4.69, 9.17) is 5.73 Å². The number of nitrogens with zero attached hydrogens (tertiary/aromatic N) is 2. The van der Waals surface area contributed by atoms with Gasteiger partial charge in [-0.05, 0) is 36.6 Å². The number of hydrogen-bond donors (Lipinski definition) is 1. The van der Waals surface area contributed by atoms with Crippen molar-refractivity contribution in [3.05, 3.63) is 65.5 Å². The van der Waals surface area contributed by atoms with E-state index in [1.165, 1.54) is 5.56 Å². The van der Waals surface area contributed by atoms with Gasteiger partial charge in [0.2, 0.25) is 0 Å². The molecule has 0 bridgehead atoms. The van der Waals surface area contributed by atoms with Gasteiger partial charge in [-0.25, -0.2) is 0 Å². The van der Waals surface area contributed by atoms with Crippen molar-refractivity contribution in [2.45, 2.75) is 12.8 Å². The molecule has 6 heteroatoms. The third kappa shape index (κ3) is 4.07. The van der Waals surface area contributed by atoms with E-state index in [-0.39, 0.29) is 30.7 Å². The first-order valence-corrected chi connectivity index (χ1v) is 7.65. The lowest BCUT2D eigenvalue weighted by molar-refractivity contribution is 0.0785. The summed E-state index contributed by atoms with van der Waals surface area (Å²) in [7, 11) is 0. The SMILES string of the molecule is Cc1ccncc1C(=O)N1C[C@@H](CN)[C@H](c2ccccc2)C1.Cl.Cl. The molecule has 1 aromatic carbocycles. The van der Waals surface area contributed by atoms with E-state index in [1.807, 2.05) is 36.1 Å². The molecule has 1 aliphatic rings. The van der Waals surface area contributed by atoms with Crippen molar-refractivity contribution in [2.75, 3.05) is 19.6 Å². The summed E-state index contributed by atoms with van der Waals surface area (Å²) in [5.41, 5.74) is 8.85. The number of benzene rings is 1. The molecule has 0 aliphatic carbocycles. The molecule has 1 fully saturated rings. The number of likely N-dealkylation sites (tertiary alicyclic amines) is 1. The lowest BCUT2D eigenvalue weighted by Crippen LogP contribution is -2.30. The summed E-state index contributed by atoms with van der Waals surface area (Å²) in [5.74, 6) is 0.679. The summed E-state index contributed by atoms with van der Waals surface area (Å²) < 4.78 is 0. The summed E-state index contributed by atoms with van der Waals surface area (Å²) in [5, 5.41) is 0. The van der Waals surface area contributed by atoms with E-state index >= 15 is 0 Å². The molecule has 130 valence electrons. The standard InChI is InChI=1S/C18H21N3O.2ClH/c1-13-7-8-20-10-16(13)18(22)21-11-15(9-19)17(12-21)14-5-3-2-4-6-14;;/h2-8,10,15,17H,9,11-12,19H2,1H3;2*1H/t15-,17+;;/m1../s1. The highest BCUT2D eigenvalue weighted by Crippen LogP contribution is 2.32. The van der Waals surface area contributed by atoms with Crippen LogP contribution in [0.2, 0.25) is 0 Å². The molecule has 2 N–H and O–H groups in total. The van der Waals surface area contributed by atoms with Crippen molar-refractivity contribution < 1.29 is 4.79 Å². The Morgan fingerprint density at radius 2 is 1.92 bits per heavy atom. The van der Waals surface area contributed by atoms with Crippen LogP contribution in [0.25, 0.3) is 0 Å². The summed E-state index contributed by atoms with van der Waals surface area (Å²) in [4.78, 5) is 18.7. The Balaban J connectivity index is 0.00000144. The molecule has 0 radical (unpaired) electrons. The minimum Gasteiger partial charge on any atom is -0.338 e. The molecule has 1 saturated heterocycles. The maximum Gasteiger partial charge on any atom is 0.255 e. The number of aromatic nitrogens is 1. The molecule has 1 aliphatic heterocycles. The average Bonchev–Trinajstić information content (AvgIpc) is 3.00. The number of amides is 1. The van der Waals surface area contributed by atoms with E-state index < -0.39 is 0 Å². The highest BCUT2D eigenvalue weighted by Gasteiger charge is 2.35. The van der Waals surface area contributed by atoms with Crippen LogP contribution in [0.4, 0.5) is 0 Å². The zero-order valence-electron chi connectivity index (χ0n) is 13.6. The summed E-state index contributed by atoms with van der Waals surface area (Å²) in [6, 6.07) is 12.2. The second-order valence-electron chi connectivity index (χ2n) is 5.91. The van der Waals surface area contributed by atoms with Gasteiger partial charge in [-0.15, -0.1) is 24.8 Å². The number of nitrogens with two attached hydrogens (primary N) is 1. The van der Waals surface area contributed by atoms with E-state index in [0.717, 1.165) is 12.1 Å². The van der Waals surface area contributed by atoms with E-state index in [1.54, 1.807) is 12.4 Å². The van der Waals surface area contributed by atoms with Gasteiger partial charge in [-0.3, -0.25) is 9.78 Å². The van der Waals surface area contributed by atoms with Gasteiger partial charge in [-0.1, -0.05) is 30.3 Å². The lowest BCUT2D eigenvalue weighted by Gasteiger charge is -2.17. The molecule has 0 spiro atoms. The molecule has 0 unspecified atom stereocenters. The Kier molecular flexibility index (Phi) is 7.67. The Morgan fingerprint density at radius 1 is 1.21 bits per heavy atom. The van der Waals surface area contributed by atoms with Crippen molar-refractivity contribution in [1.29, 1.82) is 0 Å². The first kappa shape index (κ1) is 20.4. The minimum absolute atomic E-state index is 0. The molecule has 1 amide bonds.